The molecule has 2 atom stereocenters. The van der Waals surface area contributed by atoms with Gasteiger partial charge in [0.15, 0.2) is 6.04 Å². The van der Waals surface area contributed by atoms with Crippen LogP contribution in [0, 0.1) is 0 Å². The van der Waals surface area contributed by atoms with Crippen molar-refractivity contribution in [2.75, 3.05) is 6.61 Å². The molecule has 1 aliphatic heterocycles. The Bertz CT molecular complexity index is 557. The molecule has 8 heteroatoms. The number of ether oxygens (including phenoxy) is 1. The van der Waals surface area contributed by atoms with Crippen LogP contribution in [0.3, 0.4) is 0 Å². The number of nitrogens with zero attached hydrogens (tertiary/aromatic N) is 1. The molecule has 0 saturated heterocycles. The number of nitrogens with one attached hydrogen (secondary N) is 2. The van der Waals surface area contributed by atoms with Gasteiger partial charge >= 0.3 is 11.9 Å². The van der Waals surface area contributed by atoms with Crippen LogP contribution < -0.4 is 5.32 Å². The van der Waals surface area contributed by atoms with E-state index in [2.05, 4.69) is 31.2 Å². The molecule has 0 aliphatic carbocycles. The summed E-state index contributed by atoms with van der Waals surface area (Å²) in [5.74, 6) is -1.48. The SMILES string of the molecule is C[C@@]1(COC(=O)c2ccc(Br)[nH]2)C[C@@H](C(=O)O)N=CN1. The molecular weight excluding hydrogens is 330 g/mol. The van der Waals surface area contributed by atoms with Crippen molar-refractivity contribution in [3.63, 3.8) is 0 Å². The van der Waals surface area contributed by atoms with Crippen LogP contribution in [0.15, 0.2) is 21.7 Å². The predicted molar refractivity (Wildman–Crippen MR) is 74.8 cm³/mol. The number of rotatable bonds is 4. The molecule has 2 rings (SSSR count). The maximum Gasteiger partial charge on any atom is 0.354 e. The number of carboxylic acids is 1. The van der Waals surface area contributed by atoms with Gasteiger partial charge in [0.25, 0.3) is 0 Å². The Kier molecular flexibility index (Phi) is 4.12. The zero-order valence-electron chi connectivity index (χ0n) is 10.7. The van der Waals surface area contributed by atoms with Gasteiger partial charge in [-0.25, -0.2) is 9.59 Å². The highest BCUT2D eigenvalue weighted by molar-refractivity contribution is 9.10. The van der Waals surface area contributed by atoms with Gasteiger partial charge in [-0.2, -0.15) is 0 Å². The molecule has 0 unspecified atom stereocenters. The van der Waals surface area contributed by atoms with Crippen LogP contribution in [-0.4, -0.2) is 46.6 Å². The van der Waals surface area contributed by atoms with Crippen molar-refractivity contribution in [1.82, 2.24) is 10.3 Å². The summed E-state index contributed by atoms with van der Waals surface area (Å²) in [4.78, 5) is 29.4. The van der Waals surface area contributed by atoms with E-state index in [4.69, 9.17) is 9.84 Å². The number of aromatic amines is 1. The Morgan fingerprint density at radius 3 is 2.95 bits per heavy atom. The van der Waals surface area contributed by atoms with Gasteiger partial charge in [-0.15, -0.1) is 0 Å². The second kappa shape index (κ2) is 5.66. The molecule has 1 aliphatic rings. The van der Waals surface area contributed by atoms with E-state index in [-0.39, 0.29) is 13.0 Å². The Morgan fingerprint density at radius 1 is 1.60 bits per heavy atom. The third-order valence-corrected chi connectivity index (χ3v) is 3.45. The number of H-pyrrole nitrogens is 1. The standard InChI is InChI=1S/C12H14BrN3O4/c1-12(4-8(10(17)18)14-6-15-12)5-20-11(19)7-2-3-9(13)16-7/h2-3,6,8,16H,4-5H2,1H3,(H,14,15)(H,17,18)/t8-,12-/m0/s1. The number of carboxylic acid groups (broad SMARTS) is 1. The highest BCUT2D eigenvalue weighted by Crippen LogP contribution is 2.19. The molecule has 0 amide bonds. The van der Waals surface area contributed by atoms with Crippen LogP contribution in [0.1, 0.15) is 23.8 Å². The topological polar surface area (TPSA) is 104 Å². The zero-order chi connectivity index (χ0) is 14.8. The van der Waals surface area contributed by atoms with Crippen LogP contribution in [-0.2, 0) is 9.53 Å². The average molecular weight is 344 g/mol. The number of carbonyl (C=O) groups excluding carboxylic acids is 1. The smallest absolute Gasteiger partial charge is 0.354 e. The highest BCUT2D eigenvalue weighted by atomic mass is 79.9. The van der Waals surface area contributed by atoms with Gasteiger partial charge in [-0.3, -0.25) is 4.99 Å². The first-order valence-electron chi connectivity index (χ1n) is 5.93. The molecule has 20 heavy (non-hydrogen) atoms. The van der Waals surface area contributed by atoms with Gasteiger partial charge in [0.1, 0.15) is 12.3 Å². The number of aliphatic imine (C=N–C) groups is 1. The number of aliphatic carboxylic acids is 1. The van der Waals surface area contributed by atoms with Crippen molar-refractivity contribution in [2.24, 2.45) is 4.99 Å². The number of aromatic nitrogens is 1. The van der Waals surface area contributed by atoms with E-state index in [1.807, 2.05) is 0 Å². The zero-order valence-corrected chi connectivity index (χ0v) is 12.3. The van der Waals surface area contributed by atoms with Gasteiger partial charge in [0, 0.05) is 6.42 Å². The number of carbonyl (C=O) groups is 2. The Hall–Kier alpha value is -1.83. The number of esters is 1. The molecule has 7 nitrogen and oxygen atoms in total. The van der Waals surface area contributed by atoms with E-state index in [1.165, 1.54) is 6.34 Å². The lowest BCUT2D eigenvalue weighted by molar-refractivity contribution is -0.139. The van der Waals surface area contributed by atoms with Crippen LogP contribution in [0.5, 0.6) is 0 Å². The molecular formula is C12H14BrN3O4. The normalized spacial score (nSPS) is 25.0. The Morgan fingerprint density at radius 2 is 2.35 bits per heavy atom. The molecule has 0 spiro atoms. The second-order valence-corrected chi connectivity index (χ2v) is 5.69. The maximum atomic E-state index is 11.8. The Balaban J connectivity index is 1.94. The van der Waals surface area contributed by atoms with Crippen molar-refractivity contribution in [2.45, 2.75) is 24.9 Å². The monoisotopic (exact) mass is 343 g/mol. The second-order valence-electron chi connectivity index (χ2n) is 4.84. The maximum absolute atomic E-state index is 11.8. The molecule has 2 heterocycles. The lowest BCUT2D eigenvalue weighted by atomic mass is 9.93. The average Bonchev–Trinajstić information content (AvgIpc) is 2.83. The molecule has 3 N–H and O–H groups in total. The fourth-order valence-electron chi connectivity index (χ4n) is 1.86. The van der Waals surface area contributed by atoms with Crippen LogP contribution in [0.4, 0.5) is 0 Å². The van der Waals surface area contributed by atoms with E-state index < -0.39 is 23.5 Å². The first-order valence-corrected chi connectivity index (χ1v) is 6.73. The molecule has 0 aromatic carbocycles. The quantitative estimate of drug-likeness (QED) is 0.712. The highest BCUT2D eigenvalue weighted by Gasteiger charge is 2.34. The Labute approximate surface area is 123 Å². The molecule has 1 aromatic heterocycles. The van der Waals surface area contributed by atoms with Crippen molar-refractivity contribution >= 4 is 34.2 Å². The van der Waals surface area contributed by atoms with E-state index in [1.54, 1.807) is 19.1 Å². The van der Waals surface area contributed by atoms with Crippen LogP contribution in [0.2, 0.25) is 0 Å². The first-order chi connectivity index (χ1) is 9.39. The minimum atomic E-state index is -0.992. The van der Waals surface area contributed by atoms with E-state index in [9.17, 15) is 9.59 Å². The van der Waals surface area contributed by atoms with E-state index >= 15 is 0 Å². The minimum Gasteiger partial charge on any atom is -0.480 e. The van der Waals surface area contributed by atoms with Gasteiger partial charge in [-0.05, 0) is 35.0 Å². The summed E-state index contributed by atoms with van der Waals surface area (Å²) >= 11 is 3.20. The number of hydrogen-bond donors (Lipinski definition) is 3. The summed E-state index contributed by atoms with van der Waals surface area (Å²) < 4.78 is 5.89. The van der Waals surface area contributed by atoms with Crippen molar-refractivity contribution in [1.29, 1.82) is 0 Å². The fourth-order valence-corrected chi connectivity index (χ4v) is 2.21. The number of hydrogen-bond acceptors (Lipinski definition) is 5. The van der Waals surface area contributed by atoms with Gasteiger partial charge in [0.2, 0.25) is 0 Å². The summed E-state index contributed by atoms with van der Waals surface area (Å²) in [6, 6.07) is 2.48. The van der Waals surface area contributed by atoms with E-state index in [0.717, 1.165) is 0 Å². The summed E-state index contributed by atoms with van der Waals surface area (Å²) in [5.41, 5.74) is -0.315. The van der Waals surface area contributed by atoms with Crippen molar-refractivity contribution < 1.29 is 19.4 Å². The minimum absolute atomic E-state index is 0.0538. The van der Waals surface area contributed by atoms with Gasteiger partial charge < -0.3 is 20.1 Å². The van der Waals surface area contributed by atoms with Crippen molar-refractivity contribution in [3.05, 3.63) is 22.4 Å². The van der Waals surface area contributed by atoms with Crippen molar-refractivity contribution in [3.8, 4) is 0 Å². The molecule has 0 fully saturated rings. The third kappa shape index (κ3) is 3.38. The molecule has 108 valence electrons. The summed E-state index contributed by atoms with van der Waals surface area (Å²) in [5, 5.41) is 11.9. The largest absolute Gasteiger partial charge is 0.480 e. The van der Waals surface area contributed by atoms with Crippen LogP contribution >= 0.6 is 15.9 Å². The summed E-state index contributed by atoms with van der Waals surface area (Å²) in [6.07, 6.45) is 1.60. The summed E-state index contributed by atoms with van der Waals surface area (Å²) in [6.45, 7) is 1.84. The third-order valence-electron chi connectivity index (χ3n) is 2.99. The molecule has 1 aromatic rings. The van der Waals surface area contributed by atoms with Gasteiger partial charge in [0.05, 0.1) is 16.5 Å². The van der Waals surface area contributed by atoms with E-state index in [0.29, 0.717) is 10.3 Å². The molecule has 0 radical (unpaired) electrons. The van der Waals surface area contributed by atoms with Gasteiger partial charge in [-0.1, -0.05) is 0 Å². The first kappa shape index (κ1) is 14.6. The van der Waals surface area contributed by atoms with Crippen LogP contribution in [0.25, 0.3) is 0 Å². The fraction of sp³-hybridized carbons (Fsp3) is 0.417. The molecule has 0 saturated carbocycles. The lowest BCUT2D eigenvalue weighted by Crippen LogP contribution is -2.52. The predicted octanol–water partition coefficient (Wildman–Crippen LogP) is 1.17. The lowest BCUT2D eigenvalue weighted by Gasteiger charge is -2.33. The number of halogens is 1. The summed E-state index contributed by atoms with van der Waals surface area (Å²) in [7, 11) is 0. The molecule has 0 bridgehead atoms.